The molecular formula is C17H19N5. The normalized spacial score (nSPS) is 21.3. The Morgan fingerprint density at radius 2 is 1.95 bits per heavy atom. The Bertz CT molecular complexity index is 664. The molecule has 0 aromatic carbocycles. The number of rotatable bonds is 3. The van der Waals surface area contributed by atoms with Gasteiger partial charge in [0, 0.05) is 38.8 Å². The maximum atomic E-state index is 4.66. The van der Waals surface area contributed by atoms with Gasteiger partial charge in [0.25, 0.3) is 0 Å². The molecule has 1 fully saturated rings. The van der Waals surface area contributed by atoms with Crippen LogP contribution in [0.3, 0.4) is 0 Å². The lowest BCUT2D eigenvalue weighted by Gasteiger charge is -2.34. The maximum absolute atomic E-state index is 4.66. The quantitative estimate of drug-likeness (QED) is 0.855. The minimum Gasteiger partial charge on any atom is -0.354 e. The molecule has 1 aromatic heterocycles. The molecule has 0 atom stereocenters. The Labute approximate surface area is 130 Å². The van der Waals surface area contributed by atoms with Crippen LogP contribution in [0.4, 0.5) is 5.82 Å². The molecule has 0 unspecified atom stereocenters. The fraction of sp³-hybridized carbons (Fsp3) is 0.353. The number of allylic oxidation sites excluding steroid dienone is 4. The van der Waals surface area contributed by atoms with Crippen LogP contribution in [0, 0.1) is 0 Å². The molecular weight excluding hydrogens is 274 g/mol. The van der Waals surface area contributed by atoms with Crippen molar-refractivity contribution < 1.29 is 0 Å². The van der Waals surface area contributed by atoms with E-state index in [4.69, 9.17) is 0 Å². The van der Waals surface area contributed by atoms with E-state index in [2.05, 4.69) is 43.0 Å². The minimum absolute atomic E-state index is 0.844. The summed E-state index contributed by atoms with van der Waals surface area (Å²) in [6.07, 6.45) is 9.01. The van der Waals surface area contributed by atoms with Crippen molar-refractivity contribution in [3.63, 3.8) is 0 Å². The van der Waals surface area contributed by atoms with Gasteiger partial charge < -0.3 is 4.90 Å². The fourth-order valence-electron chi connectivity index (χ4n) is 3.01. The summed E-state index contributed by atoms with van der Waals surface area (Å²) in [4.78, 5) is 18.5. The molecule has 0 radical (unpaired) electrons. The van der Waals surface area contributed by atoms with Crippen molar-refractivity contribution in [3.8, 4) is 0 Å². The Hall–Kier alpha value is -2.27. The molecule has 3 heterocycles. The molecule has 1 aromatic rings. The van der Waals surface area contributed by atoms with Crippen LogP contribution in [0.15, 0.2) is 58.3 Å². The fourth-order valence-corrected chi connectivity index (χ4v) is 3.01. The van der Waals surface area contributed by atoms with E-state index in [0.29, 0.717) is 0 Å². The van der Waals surface area contributed by atoms with Crippen LogP contribution in [0.5, 0.6) is 0 Å². The summed E-state index contributed by atoms with van der Waals surface area (Å²) >= 11 is 0. The number of aromatic nitrogens is 1. The van der Waals surface area contributed by atoms with E-state index >= 15 is 0 Å². The summed E-state index contributed by atoms with van der Waals surface area (Å²) in [7, 11) is 0. The zero-order valence-electron chi connectivity index (χ0n) is 12.5. The van der Waals surface area contributed by atoms with Crippen molar-refractivity contribution in [2.45, 2.75) is 6.42 Å². The molecule has 1 aliphatic carbocycles. The molecule has 112 valence electrons. The number of pyridine rings is 1. The first-order valence-electron chi connectivity index (χ1n) is 7.79. The van der Waals surface area contributed by atoms with Crippen molar-refractivity contribution in [1.29, 1.82) is 0 Å². The Morgan fingerprint density at radius 3 is 2.73 bits per heavy atom. The highest BCUT2D eigenvalue weighted by atomic mass is 15.3. The molecule has 2 aliphatic heterocycles. The Kier molecular flexibility index (Phi) is 3.56. The van der Waals surface area contributed by atoms with E-state index in [-0.39, 0.29) is 0 Å². The third-order valence-corrected chi connectivity index (χ3v) is 4.22. The zero-order chi connectivity index (χ0) is 14.8. The summed E-state index contributed by atoms with van der Waals surface area (Å²) in [6, 6.07) is 6.08. The first-order chi connectivity index (χ1) is 10.9. The monoisotopic (exact) mass is 293 g/mol. The second-order valence-electron chi connectivity index (χ2n) is 5.72. The van der Waals surface area contributed by atoms with Crippen LogP contribution in [0.25, 0.3) is 0 Å². The molecule has 3 aliphatic rings. The first-order valence-corrected chi connectivity index (χ1v) is 7.79. The largest absolute Gasteiger partial charge is 0.354 e. The summed E-state index contributed by atoms with van der Waals surface area (Å²) in [6.45, 7) is 4.91. The number of piperazine rings is 1. The van der Waals surface area contributed by atoms with E-state index in [1.54, 1.807) is 0 Å². The lowest BCUT2D eigenvalue weighted by molar-refractivity contribution is 0.290. The maximum Gasteiger partial charge on any atom is 0.143 e. The van der Waals surface area contributed by atoms with Crippen molar-refractivity contribution in [3.05, 3.63) is 48.3 Å². The lowest BCUT2D eigenvalue weighted by Crippen LogP contribution is -2.48. The topological polar surface area (TPSA) is 44.1 Å². The van der Waals surface area contributed by atoms with Gasteiger partial charge >= 0.3 is 0 Å². The van der Waals surface area contributed by atoms with E-state index < -0.39 is 0 Å². The van der Waals surface area contributed by atoms with Gasteiger partial charge in [0.1, 0.15) is 11.7 Å². The van der Waals surface area contributed by atoms with Gasteiger partial charge in [0.05, 0.1) is 18.0 Å². The standard InChI is InChI=1S/C17H19N5/c1-2-6-15-14(5-1)19-16(20-15)13-21-9-11-22(12-10-21)17-7-3-4-8-18-17/h1-5,7-8H,6,9-13H2. The number of fused-ring (bicyclic) bond motifs is 1. The van der Waals surface area contributed by atoms with Gasteiger partial charge in [-0.2, -0.15) is 0 Å². The molecule has 0 spiro atoms. The van der Waals surface area contributed by atoms with E-state index in [1.807, 2.05) is 24.4 Å². The second-order valence-corrected chi connectivity index (χ2v) is 5.72. The van der Waals surface area contributed by atoms with Crippen LogP contribution in [0.2, 0.25) is 0 Å². The molecule has 0 bridgehead atoms. The van der Waals surface area contributed by atoms with Gasteiger partial charge in [-0.15, -0.1) is 0 Å². The lowest BCUT2D eigenvalue weighted by atomic mass is 10.1. The van der Waals surface area contributed by atoms with Crippen molar-refractivity contribution in [2.24, 2.45) is 9.98 Å². The van der Waals surface area contributed by atoms with Crippen molar-refractivity contribution in [2.75, 3.05) is 37.6 Å². The van der Waals surface area contributed by atoms with Crippen LogP contribution < -0.4 is 4.90 Å². The SMILES string of the molecule is C1=CCC2=NC(CN3CCN(c4ccccn4)CC3)=NC2=C1. The number of nitrogens with zero attached hydrogens (tertiary/aromatic N) is 5. The predicted molar refractivity (Wildman–Crippen MR) is 89.6 cm³/mol. The summed E-state index contributed by atoms with van der Waals surface area (Å²) in [5.41, 5.74) is 2.16. The summed E-state index contributed by atoms with van der Waals surface area (Å²) < 4.78 is 0. The van der Waals surface area contributed by atoms with Crippen LogP contribution in [0.1, 0.15) is 6.42 Å². The van der Waals surface area contributed by atoms with Crippen LogP contribution in [-0.2, 0) is 0 Å². The number of aliphatic imine (C=N–C) groups is 2. The highest BCUT2D eigenvalue weighted by molar-refractivity contribution is 6.14. The predicted octanol–water partition coefficient (Wildman–Crippen LogP) is 1.90. The minimum atomic E-state index is 0.844. The van der Waals surface area contributed by atoms with Crippen molar-refractivity contribution >= 4 is 17.4 Å². The van der Waals surface area contributed by atoms with Crippen molar-refractivity contribution in [1.82, 2.24) is 9.88 Å². The molecule has 5 heteroatoms. The second kappa shape index (κ2) is 5.85. The Morgan fingerprint density at radius 1 is 1.05 bits per heavy atom. The van der Waals surface area contributed by atoms with Gasteiger partial charge in [0.2, 0.25) is 0 Å². The van der Waals surface area contributed by atoms with E-state index in [9.17, 15) is 0 Å². The third kappa shape index (κ3) is 2.72. The average molecular weight is 293 g/mol. The number of amidine groups is 1. The number of anilines is 1. The van der Waals surface area contributed by atoms with E-state index in [1.165, 1.54) is 0 Å². The summed E-state index contributed by atoms with van der Waals surface area (Å²) in [5, 5.41) is 0. The first kappa shape index (κ1) is 13.4. The molecule has 5 nitrogen and oxygen atoms in total. The van der Waals surface area contributed by atoms with E-state index in [0.717, 1.165) is 62.2 Å². The van der Waals surface area contributed by atoms with Gasteiger partial charge in [-0.3, -0.25) is 4.90 Å². The molecule has 1 saturated heterocycles. The zero-order valence-corrected chi connectivity index (χ0v) is 12.5. The molecule has 22 heavy (non-hydrogen) atoms. The summed E-state index contributed by atoms with van der Waals surface area (Å²) in [5.74, 6) is 2.03. The number of hydrogen-bond acceptors (Lipinski definition) is 5. The van der Waals surface area contributed by atoms with Gasteiger partial charge in [-0.05, 0) is 18.2 Å². The number of hydrogen-bond donors (Lipinski definition) is 0. The highest BCUT2D eigenvalue weighted by Crippen LogP contribution is 2.18. The Balaban J connectivity index is 1.35. The molecule has 4 rings (SSSR count). The van der Waals surface area contributed by atoms with Crippen LogP contribution >= 0.6 is 0 Å². The van der Waals surface area contributed by atoms with Gasteiger partial charge in [0.15, 0.2) is 0 Å². The molecule has 0 saturated carbocycles. The highest BCUT2D eigenvalue weighted by Gasteiger charge is 2.22. The van der Waals surface area contributed by atoms with Gasteiger partial charge in [-0.25, -0.2) is 15.0 Å². The molecule has 0 N–H and O–H groups in total. The van der Waals surface area contributed by atoms with Gasteiger partial charge in [-0.1, -0.05) is 18.2 Å². The third-order valence-electron chi connectivity index (χ3n) is 4.22. The van der Waals surface area contributed by atoms with Crippen LogP contribution in [-0.4, -0.2) is 54.2 Å². The smallest absolute Gasteiger partial charge is 0.143 e. The molecule has 0 amide bonds. The average Bonchev–Trinajstić information content (AvgIpc) is 2.98.